The lowest BCUT2D eigenvalue weighted by molar-refractivity contribution is 0.597. The van der Waals surface area contributed by atoms with Gasteiger partial charge >= 0.3 is 0 Å². The molecule has 0 bridgehead atoms. The van der Waals surface area contributed by atoms with Gasteiger partial charge in [-0.2, -0.15) is 0 Å². The molecule has 2 aromatic rings. The molecule has 0 unspecified atom stereocenters. The molecule has 0 atom stereocenters. The minimum Gasteiger partial charge on any atom is -0.277 e. The molecule has 2 rings (SSSR count). The highest BCUT2D eigenvalue weighted by Crippen LogP contribution is 2.32. The quantitative estimate of drug-likeness (QED) is 0.708. The Bertz CT molecular complexity index is 1100. The van der Waals surface area contributed by atoms with Crippen LogP contribution in [0.3, 0.4) is 0 Å². The van der Waals surface area contributed by atoms with Gasteiger partial charge in [0, 0.05) is 0 Å². The first-order chi connectivity index (χ1) is 11.9. The summed E-state index contributed by atoms with van der Waals surface area (Å²) in [6.07, 6.45) is 1.17. The number of hydrogen-bond donors (Lipinski definition) is 2. The molecule has 12 heteroatoms. The van der Waals surface area contributed by atoms with Gasteiger partial charge in [0.2, 0.25) is 10.0 Å². The summed E-state index contributed by atoms with van der Waals surface area (Å²) in [5, 5.41) is 5.49. The summed E-state index contributed by atoms with van der Waals surface area (Å²) >= 11 is 17.3. The minimum absolute atomic E-state index is 0.212. The van der Waals surface area contributed by atoms with E-state index in [1.807, 2.05) is 4.72 Å². The normalized spacial score (nSPS) is 12.5. The van der Waals surface area contributed by atoms with Crippen LogP contribution >= 0.6 is 34.8 Å². The van der Waals surface area contributed by atoms with Crippen molar-refractivity contribution in [3.63, 3.8) is 0 Å². The highest BCUT2D eigenvalue weighted by atomic mass is 35.5. The molecule has 0 radical (unpaired) electrons. The van der Waals surface area contributed by atoms with Crippen LogP contribution in [0.5, 0.6) is 0 Å². The predicted octanol–water partition coefficient (Wildman–Crippen LogP) is 3.85. The fourth-order valence-corrected chi connectivity index (χ4v) is 4.12. The van der Waals surface area contributed by atoms with Crippen molar-refractivity contribution in [1.29, 1.82) is 0 Å². The van der Waals surface area contributed by atoms with Gasteiger partial charge in [-0.1, -0.05) is 40.9 Å². The van der Waals surface area contributed by atoms with E-state index in [1.54, 1.807) is 0 Å². The van der Waals surface area contributed by atoms with Crippen LogP contribution in [-0.2, 0) is 20.0 Å². The number of sulfonamides is 2. The molecule has 0 fully saturated rings. The fraction of sp³-hybridized carbons (Fsp3) is 0. The summed E-state index contributed by atoms with van der Waals surface area (Å²) in [7, 11) is -8.61. The van der Waals surface area contributed by atoms with Crippen LogP contribution in [-0.4, -0.2) is 16.8 Å². The van der Waals surface area contributed by atoms with Gasteiger partial charge in [0.15, 0.2) is 0 Å². The molecule has 0 saturated heterocycles. The third-order valence-electron chi connectivity index (χ3n) is 2.99. The minimum atomic E-state index is -4.36. The van der Waals surface area contributed by atoms with Crippen LogP contribution in [0, 0.1) is 5.82 Å². The lowest BCUT2D eigenvalue weighted by atomic mass is 10.2. The second-order valence-corrected chi connectivity index (χ2v) is 9.19. The average molecular weight is 460 g/mol. The van der Waals surface area contributed by atoms with Crippen LogP contribution in [0.4, 0.5) is 10.1 Å². The molecule has 3 N–H and O–H groups in total. The molecule has 0 aliphatic rings. The summed E-state index contributed by atoms with van der Waals surface area (Å²) in [5.74, 6) is -1.02. The average Bonchev–Trinajstić information content (AvgIpc) is 2.52. The Labute approximate surface area is 164 Å². The van der Waals surface area contributed by atoms with E-state index in [4.69, 9.17) is 39.9 Å². The van der Waals surface area contributed by atoms with Gasteiger partial charge in [-0.25, -0.2) is 26.4 Å². The van der Waals surface area contributed by atoms with E-state index in [-0.39, 0.29) is 10.0 Å². The van der Waals surface area contributed by atoms with Crippen LogP contribution in [0.1, 0.15) is 5.56 Å². The van der Waals surface area contributed by atoms with Crippen molar-refractivity contribution in [2.75, 3.05) is 4.72 Å². The summed E-state index contributed by atoms with van der Waals surface area (Å²) in [6.45, 7) is 0. The zero-order chi connectivity index (χ0) is 19.7. The van der Waals surface area contributed by atoms with Gasteiger partial charge < -0.3 is 0 Å². The Balaban J connectivity index is 2.42. The van der Waals surface area contributed by atoms with Gasteiger partial charge in [0.05, 0.1) is 21.1 Å². The monoisotopic (exact) mass is 458 g/mol. The van der Waals surface area contributed by atoms with Crippen LogP contribution in [0.2, 0.25) is 15.1 Å². The van der Waals surface area contributed by atoms with Crippen molar-refractivity contribution in [3.05, 3.63) is 62.2 Å². The van der Waals surface area contributed by atoms with Crippen LogP contribution in [0.25, 0.3) is 6.08 Å². The Hall–Kier alpha value is -1.36. The number of nitrogens with one attached hydrogen (secondary N) is 1. The molecular formula is C14H10Cl3FN2O4S2. The van der Waals surface area contributed by atoms with E-state index < -0.39 is 41.5 Å². The van der Waals surface area contributed by atoms with Crippen molar-refractivity contribution >= 4 is 66.6 Å². The number of halogens is 4. The molecule has 0 aliphatic heterocycles. The second-order valence-electron chi connectivity index (χ2n) is 4.90. The summed E-state index contributed by atoms with van der Waals surface area (Å²) < 4.78 is 63.0. The van der Waals surface area contributed by atoms with Gasteiger partial charge in [-0.15, -0.1) is 0 Å². The predicted molar refractivity (Wildman–Crippen MR) is 101 cm³/mol. The maximum atomic E-state index is 13.6. The van der Waals surface area contributed by atoms with Crippen molar-refractivity contribution in [2.24, 2.45) is 5.14 Å². The van der Waals surface area contributed by atoms with E-state index in [2.05, 4.69) is 0 Å². The number of nitrogens with two attached hydrogens (primary N) is 1. The SMILES string of the molecule is NS(=O)(=O)c1ccc(F)c(Cl)c1NS(=O)(=O)C=Cc1ccc(Cl)c(Cl)c1. The van der Waals surface area contributed by atoms with E-state index in [9.17, 15) is 21.2 Å². The number of anilines is 1. The lowest BCUT2D eigenvalue weighted by Crippen LogP contribution is -2.18. The molecule has 0 spiro atoms. The molecular weight excluding hydrogens is 450 g/mol. The Morgan fingerprint density at radius 3 is 2.23 bits per heavy atom. The molecule has 0 amide bonds. The van der Waals surface area contributed by atoms with Gasteiger partial charge in [0.1, 0.15) is 15.7 Å². The molecule has 0 heterocycles. The smallest absolute Gasteiger partial charge is 0.255 e. The second kappa shape index (κ2) is 7.71. The van der Waals surface area contributed by atoms with E-state index in [1.165, 1.54) is 24.3 Å². The van der Waals surface area contributed by atoms with Crippen LogP contribution < -0.4 is 9.86 Å². The van der Waals surface area contributed by atoms with Crippen molar-refractivity contribution in [3.8, 4) is 0 Å². The molecule has 140 valence electrons. The van der Waals surface area contributed by atoms with E-state index in [0.717, 1.165) is 17.5 Å². The number of hydrogen-bond acceptors (Lipinski definition) is 4. The maximum Gasteiger partial charge on any atom is 0.255 e. The highest BCUT2D eigenvalue weighted by molar-refractivity contribution is 7.95. The van der Waals surface area contributed by atoms with Gasteiger partial charge in [-0.3, -0.25) is 4.72 Å². The summed E-state index contributed by atoms with van der Waals surface area (Å²) in [5.41, 5.74) is -0.283. The summed E-state index contributed by atoms with van der Waals surface area (Å²) in [4.78, 5) is -0.671. The van der Waals surface area contributed by atoms with E-state index >= 15 is 0 Å². The summed E-state index contributed by atoms with van der Waals surface area (Å²) in [6, 6.07) is 5.95. The number of rotatable bonds is 5. The van der Waals surface area contributed by atoms with Crippen molar-refractivity contribution in [2.45, 2.75) is 4.90 Å². The maximum absolute atomic E-state index is 13.6. The first-order valence-electron chi connectivity index (χ1n) is 6.57. The standard InChI is InChI=1S/C14H10Cl3FN2O4S2/c15-9-2-1-8(7-10(9)16)5-6-25(21,22)20-14-12(26(19,23)24)4-3-11(18)13(14)17/h1-7,20H,(H2,19,23,24). The fourth-order valence-electron chi connectivity index (χ4n) is 1.83. The van der Waals surface area contributed by atoms with Gasteiger partial charge in [-0.05, 0) is 35.9 Å². The zero-order valence-electron chi connectivity index (χ0n) is 12.6. The molecule has 2 aromatic carbocycles. The Morgan fingerprint density at radius 1 is 1.00 bits per heavy atom. The Morgan fingerprint density at radius 2 is 1.65 bits per heavy atom. The third kappa shape index (κ3) is 5.09. The first-order valence-corrected chi connectivity index (χ1v) is 10.8. The molecule has 0 aliphatic carbocycles. The number of benzene rings is 2. The van der Waals surface area contributed by atoms with Crippen molar-refractivity contribution < 1.29 is 21.2 Å². The first kappa shape index (κ1) is 20.9. The Kier molecular flexibility index (Phi) is 6.21. The molecule has 0 aromatic heterocycles. The lowest BCUT2D eigenvalue weighted by Gasteiger charge is -2.12. The third-order valence-corrected chi connectivity index (χ3v) is 6.04. The van der Waals surface area contributed by atoms with Crippen LogP contribution in [0.15, 0.2) is 40.6 Å². The molecule has 0 saturated carbocycles. The number of primary sulfonamides is 1. The zero-order valence-corrected chi connectivity index (χ0v) is 16.5. The highest BCUT2D eigenvalue weighted by Gasteiger charge is 2.22. The molecule has 6 nitrogen and oxygen atoms in total. The van der Waals surface area contributed by atoms with Crippen molar-refractivity contribution in [1.82, 2.24) is 0 Å². The topological polar surface area (TPSA) is 106 Å². The van der Waals surface area contributed by atoms with E-state index in [0.29, 0.717) is 5.56 Å². The largest absolute Gasteiger partial charge is 0.277 e. The van der Waals surface area contributed by atoms with Gasteiger partial charge in [0.25, 0.3) is 10.0 Å². The molecule has 26 heavy (non-hydrogen) atoms.